The van der Waals surface area contributed by atoms with E-state index in [-0.39, 0.29) is 18.3 Å². The summed E-state index contributed by atoms with van der Waals surface area (Å²) in [6.07, 6.45) is 4.10. The lowest BCUT2D eigenvalue weighted by molar-refractivity contribution is 0.305. The Bertz CT molecular complexity index is 714. The van der Waals surface area contributed by atoms with Crippen LogP contribution >= 0.6 is 0 Å². The van der Waals surface area contributed by atoms with Crippen LogP contribution in [-0.4, -0.2) is 20.8 Å². The van der Waals surface area contributed by atoms with Crippen LogP contribution in [0.5, 0.6) is 0 Å². The van der Waals surface area contributed by atoms with Gasteiger partial charge in [-0.1, -0.05) is 24.0 Å². The molecular weight excluding hydrogens is 264 g/mol. The second kappa shape index (κ2) is 6.96. The average molecular weight is 284 g/mol. The number of benzene rings is 1. The summed E-state index contributed by atoms with van der Waals surface area (Å²) in [4.78, 5) is 12.2. The lowest BCUT2D eigenvalue weighted by Crippen LogP contribution is -2.25. The molecule has 2 aromatic rings. The van der Waals surface area contributed by atoms with Gasteiger partial charge < -0.3 is 5.11 Å². The van der Waals surface area contributed by atoms with Gasteiger partial charge in [0.2, 0.25) is 0 Å². The van der Waals surface area contributed by atoms with Crippen molar-refractivity contribution in [1.82, 2.24) is 9.13 Å². The van der Waals surface area contributed by atoms with Crippen molar-refractivity contribution in [2.45, 2.75) is 32.9 Å². The molecule has 0 aliphatic rings. The summed E-state index contributed by atoms with van der Waals surface area (Å²) >= 11 is 0. The number of hydrogen-bond donors (Lipinski definition) is 1. The molecule has 0 radical (unpaired) electrons. The van der Waals surface area contributed by atoms with Gasteiger partial charge in [0.15, 0.2) is 0 Å². The van der Waals surface area contributed by atoms with E-state index < -0.39 is 0 Å². The van der Waals surface area contributed by atoms with E-state index in [0.717, 1.165) is 11.1 Å². The third kappa shape index (κ3) is 3.87. The van der Waals surface area contributed by atoms with Crippen LogP contribution in [0.3, 0.4) is 0 Å². The Labute approximate surface area is 124 Å². The fourth-order valence-electron chi connectivity index (χ4n) is 2.11. The summed E-state index contributed by atoms with van der Waals surface area (Å²) in [5.41, 5.74) is 1.94. The lowest BCUT2D eigenvalue weighted by Gasteiger charge is -2.05. The molecule has 0 atom stereocenters. The molecule has 4 nitrogen and oxygen atoms in total. The Hall–Kier alpha value is -2.25. The standard InChI is InChI=1S/C17H20N2O2/c1-14(2)19-10-9-18(17(19)21)13-16-8-5-7-15(12-16)6-3-4-11-20/h5,7-10,12,14,20H,4,11,13H2,1-2H3. The maximum absolute atomic E-state index is 12.2. The van der Waals surface area contributed by atoms with Gasteiger partial charge in [0, 0.05) is 30.4 Å². The summed E-state index contributed by atoms with van der Waals surface area (Å²) in [5.74, 6) is 5.91. The Morgan fingerprint density at radius 2 is 2.10 bits per heavy atom. The van der Waals surface area contributed by atoms with Gasteiger partial charge in [-0.15, -0.1) is 0 Å². The Morgan fingerprint density at radius 3 is 2.76 bits per heavy atom. The average Bonchev–Trinajstić information content (AvgIpc) is 2.81. The summed E-state index contributed by atoms with van der Waals surface area (Å²) < 4.78 is 3.41. The second-order valence-electron chi connectivity index (χ2n) is 5.19. The van der Waals surface area contributed by atoms with E-state index in [2.05, 4.69) is 11.8 Å². The highest BCUT2D eigenvalue weighted by Gasteiger charge is 2.06. The monoisotopic (exact) mass is 284 g/mol. The van der Waals surface area contributed by atoms with Gasteiger partial charge in [-0.05, 0) is 31.5 Å². The van der Waals surface area contributed by atoms with Crippen molar-refractivity contribution in [3.05, 3.63) is 58.3 Å². The first-order valence-electron chi connectivity index (χ1n) is 7.07. The summed E-state index contributed by atoms with van der Waals surface area (Å²) in [6, 6.07) is 7.98. The largest absolute Gasteiger partial charge is 0.395 e. The molecule has 0 saturated heterocycles. The van der Waals surface area contributed by atoms with E-state index in [1.807, 2.05) is 50.5 Å². The van der Waals surface area contributed by atoms with Gasteiger partial charge in [0.1, 0.15) is 0 Å². The van der Waals surface area contributed by atoms with Crippen LogP contribution < -0.4 is 5.69 Å². The minimum absolute atomic E-state index is 0.00164. The van der Waals surface area contributed by atoms with Crippen LogP contribution in [0.15, 0.2) is 41.5 Å². The zero-order valence-electron chi connectivity index (χ0n) is 12.4. The van der Waals surface area contributed by atoms with Crippen LogP contribution in [-0.2, 0) is 6.54 Å². The molecule has 0 bridgehead atoms. The Morgan fingerprint density at radius 1 is 1.29 bits per heavy atom. The molecule has 2 rings (SSSR count). The number of aliphatic hydroxyl groups is 1. The van der Waals surface area contributed by atoms with E-state index in [4.69, 9.17) is 5.11 Å². The van der Waals surface area contributed by atoms with Crippen LogP contribution in [0.1, 0.15) is 37.4 Å². The predicted octanol–water partition coefficient (Wildman–Crippen LogP) is 2.01. The highest BCUT2D eigenvalue weighted by atomic mass is 16.2. The smallest absolute Gasteiger partial charge is 0.328 e. The van der Waals surface area contributed by atoms with Gasteiger partial charge in [0.25, 0.3) is 0 Å². The predicted molar refractivity (Wildman–Crippen MR) is 83.2 cm³/mol. The normalized spacial score (nSPS) is 10.5. The fraction of sp³-hybridized carbons (Fsp3) is 0.353. The molecule has 0 unspecified atom stereocenters. The molecule has 0 fully saturated rings. The number of hydrogen-bond acceptors (Lipinski definition) is 2. The number of imidazole rings is 1. The third-order valence-electron chi connectivity index (χ3n) is 3.18. The van der Waals surface area contributed by atoms with Crippen molar-refractivity contribution < 1.29 is 5.11 Å². The molecule has 0 aliphatic carbocycles. The zero-order valence-corrected chi connectivity index (χ0v) is 12.4. The summed E-state index contributed by atoms with van der Waals surface area (Å²) in [6.45, 7) is 4.59. The molecule has 21 heavy (non-hydrogen) atoms. The number of nitrogens with zero attached hydrogens (tertiary/aromatic N) is 2. The molecule has 1 N–H and O–H groups in total. The fourth-order valence-corrected chi connectivity index (χ4v) is 2.11. The van der Waals surface area contributed by atoms with Crippen LogP contribution in [0.4, 0.5) is 0 Å². The van der Waals surface area contributed by atoms with Gasteiger partial charge in [0.05, 0.1) is 13.2 Å². The maximum Gasteiger partial charge on any atom is 0.328 e. The van der Waals surface area contributed by atoms with Gasteiger partial charge in [-0.3, -0.25) is 9.13 Å². The van der Waals surface area contributed by atoms with Crippen LogP contribution in [0.25, 0.3) is 0 Å². The van der Waals surface area contributed by atoms with E-state index in [1.54, 1.807) is 9.13 Å². The molecular formula is C17H20N2O2. The topological polar surface area (TPSA) is 47.2 Å². The van der Waals surface area contributed by atoms with Crippen molar-refractivity contribution in [3.63, 3.8) is 0 Å². The van der Waals surface area contributed by atoms with Gasteiger partial charge >= 0.3 is 5.69 Å². The molecule has 110 valence electrons. The highest BCUT2D eigenvalue weighted by molar-refractivity contribution is 5.37. The first-order chi connectivity index (χ1) is 10.1. The number of aromatic nitrogens is 2. The minimum atomic E-state index is 0.00164. The Balaban J connectivity index is 2.19. The zero-order chi connectivity index (χ0) is 15.2. The van der Waals surface area contributed by atoms with E-state index in [1.165, 1.54) is 0 Å². The van der Waals surface area contributed by atoms with E-state index in [0.29, 0.717) is 13.0 Å². The first kappa shape index (κ1) is 15.1. The maximum atomic E-state index is 12.2. The first-order valence-corrected chi connectivity index (χ1v) is 7.07. The quantitative estimate of drug-likeness (QED) is 0.873. The lowest BCUT2D eigenvalue weighted by atomic mass is 10.1. The molecule has 0 spiro atoms. The van der Waals surface area contributed by atoms with E-state index in [9.17, 15) is 4.79 Å². The van der Waals surface area contributed by atoms with Crippen molar-refractivity contribution in [2.75, 3.05) is 6.61 Å². The van der Waals surface area contributed by atoms with Gasteiger partial charge in [-0.25, -0.2) is 4.79 Å². The number of rotatable bonds is 4. The van der Waals surface area contributed by atoms with Crippen molar-refractivity contribution in [2.24, 2.45) is 0 Å². The van der Waals surface area contributed by atoms with Crippen molar-refractivity contribution in [1.29, 1.82) is 0 Å². The Kier molecular flexibility index (Phi) is 5.02. The second-order valence-corrected chi connectivity index (χ2v) is 5.19. The summed E-state index contributed by atoms with van der Waals surface area (Å²) in [7, 11) is 0. The molecule has 4 heteroatoms. The van der Waals surface area contributed by atoms with Crippen molar-refractivity contribution >= 4 is 0 Å². The van der Waals surface area contributed by atoms with Crippen LogP contribution in [0.2, 0.25) is 0 Å². The third-order valence-corrected chi connectivity index (χ3v) is 3.18. The molecule has 0 aliphatic heterocycles. The van der Waals surface area contributed by atoms with Crippen molar-refractivity contribution in [3.8, 4) is 11.8 Å². The SMILES string of the molecule is CC(C)n1ccn(Cc2cccc(C#CCCO)c2)c1=O. The van der Waals surface area contributed by atoms with Gasteiger partial charge in [-0.2, -0.15) is 0 Å². The molecule has 0 amide bonds. The molecule has 0 saturated carbocycles. The molecule has 1 aromatic carbocycles. The molecule has 1 aromatic heterocycles. The summed E-state index contributed by atoms with van der Waals surface area (Å²) in [5, 5.41) is 8.73. The van der Waals surface area contributed by atoms with E-state index >= 15 is 0 Å². The molecule has 1 heterocycles. The van der Waals surface area contributed by atoms with Crippen LogP contribution in [0, 0.1) is 11.8 Å². The highest BCUT2D eigenvalue weighted by Crippen LogP contribution is 2.07. The minimum Gasteiger partial charge on any atom is -0.395 e. The number of aliphatic hydroxyl groups excluding tert-OH is 1.